The maximum absolute atomic E-state index is 11.6. The lowest BCUT2D eigenvalue weighted by atomic mass is 9.90. The Bertz CT molecular complexity index is 442. The van der Waals surface area contributed by atoms with Gasteiger partial charge in [0, 0.05) is 13.0 Å². The molecule has 5 nitrogen and oxygen atoms in total. The number of rotatable bonds is 6. The van der Waals surface area contributed by atoms with Gasteiger partial charge < -0.3 is 19.9 Å². The molecular weight excluding hydrogens is 282 g/mol. The van der Waals surface area contributed by atoms with Crippen LogP contribution in [0.15, 0.2) is 36.0 Å². The molecule has 1 fully saturated rings. The molecule has 1 saturated heterocycles. The first-order valence-electron chi connectivity index (χ1n) is 7.55. The van der Waals surface area contributed by atoms with Gasteiger partial charge in [0.1, 0.15) is 12.2 Å². The highest BCUT2D eigenvalue weighted by Crippen LogP contribution is 2.29. The van der Waals surface area contributed by atoms with Gasteiger partial charge in [-0.15, -0.1) is 0 Å². The summed E-state index contributed by atoms with van der Waals surface area (Å²) in [6.07, 6.45) is 8.68. The summed E-state index contributed by atoms with van der Waals surface area (Å²) in [4.78, 5) is 11.6. The molecule has 0 aromatic heterocycles. The second kappa shape index (κ2) is 9.56. The molecule has 124 valence electrons. The van der Waals surface area contributed by atoms with Gasteiger partial charge in [0.15, 0.2) is 6.10 Å². The Hall–Kier alpha value is -1.43. The smallest absolute Gasteiger partial charge is 0.320 e. The number of hydrogen-bond acceptors (Lipinski definition) is 5. The summed E-state index contributed by atoms with van der Waals surface area (Å²) in [6, 6.07) is 0. The highest BCUT2D eigenvalue weighted by atomic mass is 16.6. The monoisotopic (exact) mass is 309 g/mol. The molecule has 0 aromatic rings. The van der Waals surface area contributed by atoms with E-state index in [1.165, 1.54) is 0 Å². The van der Waals surface area contributed by atoms with Crippen molar-refractivity contribution in [3.8, 4) is 0 Å². The van der Waals surface area contributed by atoms with Crippen molar-refractivity contribution >= 4 is 5.97 Å². The van der Waals surface area contributed by atoms with Crippen molar-refractivity contribution in [1.29, 1.82) is 0 Å². The lowest BCUT2D eigenvalue weighted by Gasteiger charge is -2.40. The minimum Gasteiger partial charge on any atom is -0.455 e. The Kier molecular flexibility index (Phi) is 8.09. The molecule has 22 heavy (non-hydrogen) atoms. The Balaban J connectivity index is 2.94. The molecule has 0 unspecified atom stereocenters. The first-order valence-corrected chi connectivity index (χ1v) is 7.55. The van der Waals surface area contributed by atoms with E-state index in [0.29, 0.717) is 6.61 Å². The van der Waals surface area contributed by atoms with Crippen LogP contribution in [0.2, 0.25) is 0 Å². The van der Waals surface area contributed by atoms with E-state index >= 15 is 0 Å². The SMILES string of the molecule is C/C=C/C=C/C=C(/C)[C@@H]1OC[C@H](C)[C@H](OC)[C@H]1OC(=O)CN. The number of esters is 1. The van der Waals surface area contributed by atoms with Crippen molar-refractivity contribution in [3.05, 3.63) is 36.0 Å². The van der Waals surface area contributed by atoms with E-state index in [4.69, 9.17) is 19.9 Å². The van der Waals surface area contributed by atoms with E-state index in [9.17, 15) is 4.79 Å². The summed E-state index contributed by atoms with van der Waals surface area (Å²) in [5.74, 6) is -0.310. The van der Waals surface area contributed by atoms with E-state index in [1.54, 1.807) is 7.11 Å². The standard InChI is InChI=1S/C17H27NO4/c1-5-6-7-8-9-12(2)16-17(22-14(19)10-18)15(20-4)13(3)11-21-16/h5-9,13,15-17H,10-11,18H2,1-4H3/b6-5+,8-7+,12-9-/t13-,15-,16-,17+/m0/s1. The van der Waals surface area contributed by atoms with Crippen LogP contribution in [0.1, 0.15) is 20.8 Å². The van der Waals surface area contributed by atoms with Crippen molar-refractivity contribution in [2.45, 2.75) is 39.1 Å². The summed E-state index contributed by atoms with van der Waals surface area (Å²) in [5.41, 5.74) is 6.33. The third kappa shape index (κ3) is 5.09. The zero-order valence-corrected chi connectivity index (χ0v) is 13.8. The van der Waals surface area contributed by atoms with Gasteiger partial charge in [0.2, 0.25) is 0 Å². The van der Waals surface area contributed by atoms with Crippen LogP contribution in [-0.4, -0.2) is 44.5 Å². The second-order valence-corrected chi connectivity index (χ2v) is 5.41. The summed E-state index contributed by atoms with van der Waals surface area (Å²) < 4.78 is 16.9. The Morgan fingerprint density at radius 1 is 1.32 bits per heavy atom. The molecule has 0 aromatic carbocycles. The lowest BCUT2D eigenvalue weighted by Crippen LogP contribution is -2.53. The number of carbonyl (C=O) groups is 1. The van der Waals surface area contributed by atoms with Crippen LogP contribution in [0.3, 0.4) is 0 Å². The molecule has 0 radical (unpaired) electrons. The van der Waals surface area contributed by atoms with Crippen molar-refractivity contribution in [2.75, 3.05) is 20.3 Å². The molecule has 0 bridgehead atoms. The maximum atomic E-state index is 11.6. The number of ether oxygens (including phenoxy) is 3. The summed E-state index contributed by atoms with van der Waals surface area (Å²) >= 11 is 0. The number of methoxy groups -OCH3 is 1. The molecule has 0 spiro atoms. The van der Waals surface area contributed by atoms with E-state index in [0.717, 1.165) is 5.57 Å². The Morgan fingerprint density at radius 2 is 2.05 bits per heavy atom. The van der Waals surface area contributed by atoms with E-state index < -0.39 is 12.1 Å². The Labute approximate surface area is 132 Å². The molecule has 2 N–H and O–H groups in total. The third-order valence-electron chi connectivity index (χ3n) is 3.65. The molecule has 1 heterocycles. The molecule has 1 rings (SSSR count). The normalized spacial score (nSPS) is 30.1. The van der Waals surface area contributed by atoms with Crippen molar-refractivity contribution in [2.24, 2.45) is 11.7 Å². The molecule has 1 aliphatic heterocycles. The van der Waals surface area contributed by atoms with Crippen LogP contribution in [0, 0.1) is 5.92 Å². The van der Waals surface area contributed by atoms with Crippen LogP contribution in [0.4, 0.5) is 0 Å². The first-order chi connectivity index (χ1) is 10.5. The van der Waals surface area contributed by atoms with Gasteiger partial charge in [0.25, 0.3) is 0 Å². The molecule has 0 amide bonds. The van der Waals surface area contributed by atoms with Gasteiger partial charge in [0.05, 0.1) is 13.2 Å². The van der Waals surface area contributed by atoms with E-state index in [-0.39, 0.29) is 24.7 Å². The molecule has 4 atom stereocenters. The van der Waals surface area contributed by atoms with Crippen LogP contribution in [0.25, 0.3) is 0 Å². The zero-order chi connectivity index (χ0) is 16.5. The van der Waals surface area contributed by atoms with Gasteiger partial charge >= 0.3 is 5.97 Å². The average molecular weight is 309 g/mol. The van der Waals surface area contributed by atoms with Crippen molar-refractivity contribution in [3.63, 3.8) is 0 Å². The molecule has 0 aliphatic carbocycles. The van der Waals surface area contributed by atoms with Crippen molar-refractivity contribution < 1.29 is 19.0 Å². The van der Waals surface area contributed by atoms with Gasteiger partial charge in [-0.05, 0) is 19.4 Å². The molecule has 1 aliphatic rings. The minimum atomic E-state index is -0.490. The summed E-state index contributed by atoms with van der Waals surface area (Å²) in [5, 5.41) is 0. The topological polar surface area (TPSA) is 70.8 Å². The molecule has 0 saturated carbocycles. The maximum Gasteiger partial charge on any atom is 0.320 e. The number of nitrogens with two attached hydrogens (primary N) is 1. The number of carbonyl (C=O) groups excluding carboxylic acids is 1. The number of allylic oxidation sites excluding steroid dienone is 5. The quantitative estimate of drug-likeness (QED) is 0.600. The molecular formula is C17H27NO4. The molecule has 5 heteroatoms. The predicted molar refractivity (Wildman–Crippen MR) is 86.3 cm³/mol. The van der Waals surface area contributed by atoms with Crippen molar-refractivity contribution in [1.82, 2.24) is 0 Å². The highest BCUT2D eigenvalue weighted by molar-refractivity contribution is 5.71. The average Bonchev–Trinajstić information content (AvgIpc) is 2.51. The van der Waals surface area contributed by atoms with Gasteiger partial charge in [-0.25, -0.2) is 0 Å². The first kappa shape index (κ1) is 18.6. The number of hydrogen-bond donors (Lipinski definition) is 1. The van der Waals surface area contributed by atoms with Gasteiger partial charge in [-0.2, -0.15) is 0 Å². The Morgan fingerprint density at radius 3 is 2.64 bits per heavy atom. The largest absolute Gasteiger partial charge is 0.455 e. The fraction of sp³-hybridized carbons (Fsp3) is 0.588. The predicted octanol–water partition coefficient (Wildman–Crippen LogP) is 1.99. The highest BCUT2D eigenvalue weighted by Gasteiger charge is 2.41. The fourth-order valence-corrected chi connectivity index (χ4v) is 2.50. The third-order valence-corrected chi connectivity index (χ3v) is 3.65. The lowest BCUT2D eigenvalue weighted by molar-refractivity contribution is -0.190. The van der Waals surface area contributed by atoms with E-state index in [1.807, 2.05) is 51.2 Å². The second-order valence-electron chi connectivity index (χ2n) is 5.41. The minimum absolute atomic E-state index is 0.142. The summed E-state index contributed by atoms with van der Waals surface area (Å²) in [6.45, 7) is 6.33. The van der Waals surface area contributed by atoms with Crippen LogP contribution >= 0.6 is 0 Å². The fourth-order valence-electron chi connectivity index (χ4n) is 2.50. The van der Waals surface area contributed by atoms with Crippen LogP contribution < -0.4 is 5.73 Å². The zero-order valence-electron chi connectivity index (χ0n) is 13.8. The van der Waals surface area contributed by atoms with Gasteiger partial charge in [-0.1, -0.05) is 37.3 Å². The van der Waals surface area contributed by atoms with Crippen LogP contribution in [0.5, 0.6) is 0 Å². The summed E-state index contributed by atoms with van der Waals surface area (Å²) in [7, 11) is 1.62. The van der Waals surface area contributed by atoms with Gasteiger partial charge in [-0.3, -0.25) is 4.79 Å². The van der Waals surface area contributed by atoms with E-state index in [2.05, 4.69) is 0 Å². The van der Waals surface area contributed by atoms with Crippen LogP contribution in [-0.2, 0) is 19.0 Å².